The van der Waals surface area contributed by atoms with Gasteiger partial charge in [0.2, 0.25) is 5.91 Å². The lowest BCUT2D eigenvalue weighted by Gasteiger charge is -2.07. The lowest BCUT2D eigenvalue weighted by Crippen LogP contribution is -2.23. The van der Waals surface area contributed by atoms with Crippen molar-refractivity contribution in [1.29, 1.82) is 0 Å². The molecule has 0 aliphatic carbocycles. The molecule has 2 aromatic rings. The number of hydrogen-bond donors (Lipinski definition) is 3. The predicted molar refractivity (Wildman–Crippen MR) is 117 cm³/mol. The van der Waals surface area contributed by atoms with Crippen molar-refractivity contribution in [2.75, 3.05) is 0 Å². The molecule has 0 radical (unpaired) electrons. The van der Waals surface area contributed by atoms with E-state index in [1.807, 2.05) is 60.7 Å². The summed E-state index contributed by atoms with van der Waals surface area (Å²) in [6.45, 7) is 0.497. The Morgan fingerprint density at radius 1 is 0.793 bits per heavy atom. The third-order valence-corrected chi connectivity index (χ3v) is 4.29. The van der Waals surface area contributed by atoms with Gasteiger partial charge in [-0.1, -0.05) is 97.1 Å². The van der Waals surface area contributed by atoms with Gasteiger partial charge in [-0.15, -0.1) is 0 Å². The maximum atomic E-state index is 11.8. The van der Waals surface area contributed by atoms with E-state index in [0.717, 1.165) is 11.1 Å². The second-order valence-electron chi connectivity index (χ2n) is 6.78. The zero-order valence-electron chi connectivity index (χ0n) is 16.5. The van der Waals surface area contributed by atoms with Gasteiger partial charge >= 0.3 is 0 Å². The number of benzene rings is 2. The second kappa shape index (κ2) is 13.3. The van der Waals surface area contributed by atoms with Gasteiger partial charge in [-0.2, -0.15) is 0 Å². The quantitative estimate of drug-likeness (QED) is 0.512. The SMILES string of the molecule is O=C(CCC(O)/C=C/C=C\C=C\C(O)Cc1ccccc1)NCc1ccccc1. The van der Waals surface area contributed by atoms with Crippen molar-refractivity contribution in [2.45, 2.75) is 38.0 Å². The molecule has 4 heteroatoms. The second-order valence-corrected chi connectivity index (χ2v) is 6.78. The first-order chi connectivity index (χ1) is 14.1. The standard InChI is InChI=1S/C25H29NO3/c27-23(17-18-25(29)26-20-22-13-7-4-8-14-22)15-9-1-2-10-16-24(28)19-21-11-5-3-6-12-21/h1-16,23-24,27-28H,17-20H2,(H,26,29)/b2-1-,15-9+,16-10+. The fraction of sp³-hybridized carbons (Fsp3) is 0.240. The van der Waals surface area contributed by atoms with Gasteiger partial charge in [0.05, 0.1) is 12.2 Å². The molecule has 3 N–H and O–H groups in total. The Kier molecular flexibility index (Phi) is 10.2. The highest BCUT2D eigenvalue weighted by Crippen LogP contribution is 2.04. The molecule has 0 spiro atoms. The minimum atomic E-state index is -0.672. The molecule has 1 amide bonds. The molecule has 2 rings (SSSR count). The average molecular weight is 392 g/mol. The minimum Gasteiger partial charge on any atom is -0.389 e. The van der Waals surface area contributed by atoms with Crippen molar-refractivity contribution in [3.63, 3.8) is 0 Å². The molecule has 0 heterocycles. The summed E-state index contributed by atoms with van der Waals surface area (Å²) < 4.78 is 0. The van der Waals surface area contributed by atoms with Crippen LogP contribution in [0.15, 0.2) is 97.1 Å². The molecule has 0 aliphatic heterocycles. The summed E-state index contributed by atoms with van der Waals surface area (Å²) in [5.74, 6) is -0.0767. The highest BCUT2D eigenvalue weighted by Gasteiger charge is 2.05. The van der Waals surface area contributed by atoms with E-state index < -0.39 is 12.2 Å². The molecule has 0 aliphatic rings. The number of aliphatic hydroxyl groups is 2. The van der Waals surface area contributed by atoms with E-state index in [2.05, 4.69) is 5.32 Å². The van der Waals surface area contributed by atoms with Crippen LogP contribution in [-0.4, -0.2) is 28.3 Å². The van der Waals surface area contributed by atoms with Crippen molar-refractivity contribution in [3.05, 3.63) is 108 Å². The Morgan fingerprint density at radius 2 is 1.34 bits per heavy atom. The molecule has 4 nitrogen and oxygen atoms in total. The number of carbonyl (C=O) groups excluding carboxylic acids is 1. The van der Waals surface area contributed by atoms with Crippen LogP contribution in [0.2, 0.25) is 0 Å². The Balaban J connectivity index is 1.60. The summed E-state index contributed by atoms with van der Waals surface area (Å²) in [5, 5.41) is 22.7. The van der Waals surface area contributed by atoms with E-state index in [1.165, 1.54) is 0 Å². The molecular formula is C25H29NO3. The van der Waals surface area contributed by atoms with Crippen molar-refractivity contribution >= 4 is 5.91 Å². The van der Waals surface area contributed by atoms with Crippen LogP contribution in [0, 0.1) is 0 Å². The molecular weight excluding hydrogens is 362 g/mol. The normalized spacial score (nSPS) is 13.9. The predicted octanol–water partition coefficient (Wildman–Crippen LogP) is 3.72. The topological polar surface area (TPSA) is 69.6 Å². The van der Waals surface area contributed by atoms with Gasteiger partial charge < -0.3 is 15.5 Å². The van der Waals surface area contributed by atoms with Gasteiger partial charge in [-0.25, -0.2) is 0 Å². The first-order valence-corrected chi connectivity index (χ1v) is 9.86. The van der Waals surface area contributed by atoms with Crippen molar-refractivity contribution < 1.29 is 15.0 Å². The highest BCUT2D eigenvalue weighted by atomic mass is 16.3. The van der Waals surface area contributed by atoms with Crippen LogP contribution in [0.4, 0.5) is 0 Å². The van der Waals surface area contributed by atoms with Gasteiger partial charge in [-0.05, 0) is 17.5 Å². The number of amides is 1. The van der Waals surface area contributed by atoms with Crippen LogP contribution in [0.5, 0.6) is 0 Å². The van der Waals surface area contributed by atoms with Gasteiger partial charge in [0, 0.05) is 19.4 Å². The summed E-state index contributed by atoms with van der Waals surface area (Å²) in [6, 6.07) is 19.5. The number of rotatable bonds is 11. The lowest BCUT2D eigenvalue weighted by atomic mass is 10.1. The smallest absolute Gasteiger partial charge is 0.220 e. The molecule has 0 aromatic heterocycles. The summed E-state index contributed by atoms with van der Waals surface area (Å²) >= 11 is 0. The molecule has 2 atom stereocenters. The van der Waals surface area contributed by atoms with Crippen LogP contribution in [-0.2, 0) is 17.8 Å². The molecule has 0 fully saturated rings. The summed E-state index contributed by atoms with van der Waals surface area (Å²) in [7, 11) is 0. The van der Waals surface area contributed by atoms with Crippen LogP contribution < -0.4 is 5.32 Å². The average Bonchev–Trinajstić information content (AvgIpc) is 2.74. The van der Waals surface area contributed by atoms with E-state index in [4.69, 9.17) is 0 Å². The zero-order valence-corrected chi connectivity index (χ0v) is 16.5. The van der Waals surface area contributed by atoms with Gasteiger partial charge in [-0.3, -0.25) is 4.79 Å². The number of carbonyl (C=O) groups is 1. The third-order valence-electron chi connectivity index (χ3n) is 4.29. The monoisotopic (exact) mass is 391 g/mol. The molecule has 2 aromatic carbocycles. The Bertz CT molecular complexity index is 797. The fourth-order valence-electron chi connectivity index (χ4n) is 2.70. The summed E-state index contributed by atoms with van der Waals surface area (Å²) in [6.07, 6.45) is 10.5. The van der Waals surface area contributed by atoms with Crippen molar-refractivity contribution in [1.82, 2.24) is 5.32 Å². The Hall–Kier alpha value is -2.95. The Morgan fingerprint density at radius 3 is 1.97 bits per heavy atom. The van der Waals surface area contributed by atoms with E-state index in [0.29, 0.717) is 19.4 Å². The van der Waals surface area contributed by atoms with Crippen LogP contribution in [0.3, 0.4) is 0 Å². The first-order valence-electron chi connectivity index (χ1n) is 9.86. The van der Waals surface area contributed by atoms with Crippen molar-refractivity contribution in [2.24, 2.45) is 0 Å². The highest BCUT2D eigenvalue weighted by molar-refractivity contribution is 5.75. The van der Waals surface area contributed by atoms with Gasteiger partial charge in [0.15, 0.2) is 0 Å². The minimum absolute atomic E-state index is 0.0767. The molecule has 29 heavy (non-hydrogen) atoms. The maximum absolute atomic E-state index is 11.8. The molecule has 0 bridgehead atoms. The molecule has 2 unspecified atom stereocenters. The van der Waals surface area contributed by atoms with Crippen LogP contribution in [0.25, 0.3) is 0 Å². The van der Waals surface area contributed by atoms with E-state index >= 15 is 0 Å². The number of aliphatic hydroxyl groups excluding tert-OH is 2. The number of nitrogens with one attached hydrogen (secondary N) is 1. The Labute approximate surface area is 172 Å². The van der Waals surface area contributed by atoms with Crippen LogP contribution in [0.1, 0.15) is 24.0 Å². The summed E-state index contributed by atoms with van der Waals surface area (Å²) in [5.41, 5.74) is 2.14. The van der Waals surface area contributed by atoms with E-state index in [-0.39, 0.29) is 12.3 Å². The first kappa shape index (κ1) is 22.3. The zero-order chi connectivity index (χ0) is 20.7. The molecule has 0 saturated carbocycles. The van der Waals surface area contributed by atoms with Gasteiger partial charge in [0.1, 0.15) is 0 Å². The van der Waals surface area contributed by atoms with E-state index in [9.17, 15) is 15.0 Å². The summed E-state index contributed by atoms with van der Waals surface area (Å²) in [4.78, 5) is 11.8. The van der Waals surface area contributed by atoms with E-state index in [1.54, 1.807) is 36.5 Å². The number of hydrogen-bond acceptors (Lipinski definition) is 3. The van der Waals surface area contributed by atoms with Crippen LogP contribution >= 0.6 is 0 Å². The van der Waals surface area contributed by atoms with Gasteiger partial charge in [0.25, 0.3) is 0 Å². The molecule has 152 valence electrons. The van der Waals surface area contributed by atoms with Crippen molar-refractivity contribution in [3.8, 4) is 0 Å². The largest absolute Gasteiger partial charge is 0.389 e. The maximum Gasteiger partial charge on any atom is 0.220 e. The molecule has 0 saturated heterocycles. The lowest BCUT2D eigenvalue weighted by molar-refractivity contribution is -0.121. The fourth-order valence-corrected chi connectivity index (χ4v) is 2.70. The third kappa shape index (κ3) is 10.2. The number of allylic oxidation sites excluding steroid dienone is 4.